The van der Waals surface area contributed by atoms with E-state index in [4.69, 9.17) is 0 Å². The fourth-order valence-corrected chi connectivity index (χ4v) is 3.17. The minimum Gasteiger partial charge on any atom is -0.344 e. The molecule has 0 bridgehead atoms. The van der Waals surface area contributed by atoms with E-state index in [0.717, 1.165) is 29.7 Å². The van der Waals surface area contributed by atoms with Crippen LogP contribution >= 0.6 is 0 Å². The number of carbonyl (C=O) groups is 3. The van der Waals surface area contributed by atoms with E-state index in [1.165, 1.54) is 0 Å². The average molecular weight is 380 g/mol. The lowest BCUT2D eigenvalue weighted by atomic mass is 9.99. The van der Waals surface area contributed by atoms with Crippen LogP contribution in [0, 0.1) is 5.92 Å². The zero-order chi connectivity index (χ0) is 20.1. The number of nitrogens with zero attached hydrogens (tertiary/aromatic N) is 2. The van der Waals surface area contributed by atoms with Gasteiger partial charge in [0.25, 0.3) is 0 Å². The second-order valence-electron chi connectivity index (χ2n) is 7.08. The molecule has 0 radical (unpaired) electrons. The Hall–Kier alpha value is -3.22. The largest absolute Gasteiger partial charge is 0.344 e. The lowest BCUT2D eigenvalue weighted by molar-refractivity contribution is -0.136. The smallest absolute Gasteiger partial charge is 0.313 e. The minimum atomic E-state index is -0.722. The van der Waals surface area contributed by atoms with E-state index in [-0.39, 0.29) is 18.4 Å². The summed E-state index contributed by atoms with van der Waals surface area (Å²) in [6.45, 7) is 4.73. The Kier molecular flexibility index (Phi) is 6.03. The van der Waals surface area contributed by atoms with Gasteiger partial charge in [-0.25, -0.2) is 0 Å². The molecule has 3 amide bonds. The molecule has 146 valence electrons. The number of rotatable bonds is 4. The van der Waals surface area contributed by atoms with E-state index in [9.17, 15) is 14.4 Å². The highest BCUT2D eigenvalue weighted by Gasteiger charge is 2.24. The van der Waals surface area contributed by atoms with E-state index in [2.05, 4.69) is 15.6 Å². The van der Waals surface area contributed by atoms with Gasteiger partial charge < -0.3 is 15.5 Å². The first-order valence-electron chi connectivity index (χ1n) is 9.38. The van der Waals surface area contributed by atoms with Gasteiger partial charge in [-0.05, 0) is 54.3 Å². The third kappa shape index (κ3) is 4.54. The van der Waals surface area contributed by atoms with Gasteiger partial charge in [-0.2, -0.15) is 0 Å². The van der Waals surface area contributed by atoms with Crippen molar-refractivity contribution in [3.8, 4) is 0 Å². The van der Waals surface area contributed by atoms with Gasteiger partial charge in [-0.3, -0.25) is 19.4 Å². The summed E-state index contributed by atoms with van der Waals surface area (Å²) in [5.74, 6) is -1.41. The van der Waals surface area contributed by atoms with Gasteiger partial charge in [-0.15, -0.1) is 0 Å². The van der Waals surface area contributed by atoms with Gasteiger partial charge in [0.05, 0.1) is 0 Å². The third-order valence-electron chi connectivity index (χ3n) is 4.62. The summed E-state index contributed by atoms with van der Waals surface area (Å²) in [6, 6.07) is 8.93. The van der Waals surface area contributed by atoms with Gasteiger partial charge in [0, 0.05) is 42.8 Å². The van der Waals surface area contributed by atoms with Crippen LogP contribution in [0.3, 0.4) is 0 Å². The molecule has 1 aliphatic rings. The van der Waals surface area contributed by atoms with Crippen molar-refractivity contribution in [3.63, 3.8) is 0 Å². The summed E-state index contributed by atoms with van der Waals surface area (Å²) in [6.07, 6.45) is 4.95. The quantitative estimate of drug-likeness (QED) is 0.796. The van der Waals surface area contributed by atoms with Gasteiger partial charge in [-0.1, -0.05) is 13.8 Å². The summed E-state index contributed by atoms with van der Waals surface area (Å²) >= 11 is 0. The summed E-state index contributed by atoms with van der Waals surface area (Å²) < 4.78 is 0. The fourth-order valence-electron chi connectivity index (χ4n) is 3.17. The fraction of sp³-hybridized carbons (Fsp3) is 0.333. The van der Waals surface area contributed by atoms with Crippen molar-refractivity contribution >= 4 is 29.1 Å². The SMILES string of the molecule is CC(C)C(=O)N1CCCc2cc(NC(=O)C(=O)NCc3ccncc3)ccc21. The number of hydrogen-bond donors (Lipinski definition) is 2. The van der Waals surface area contributed by atoms with Gasteiger partial charge in [0.15, 0.2) is 0 Å². The van der Waals surface area contributed by atoms with Crippen molar-refractivity contribution in [1.82, 2.24) is 10.3 Å². The van der Waals surface area contributed by atoms with Crippen LogP contribution < -0.4 is 15.5 Å². The second kappa shape index (κ2) is 8.65. The first-order chi connectivity index (χ1) is 13.5. The lowest BCUT2D eigenvalue weighted by Gasteiger charge is -2.31. The molecule has 0 spiro atoms. The number of nitrogens with one attached hydrogen (secondary N) is 2. The monoisotopic (exact) mass is 380 g/mol. The molecule has 28 heavy (non-hydrogen) atoms. The summed E-state index contributed by atoms with van der Waals surface area (Å²) in [4.78, 5) is 42.3. The maximum atomic E-state index is 12.4. The maximum absolute atomic E-state index is 12.4. The molecule has 0 atom stereocenters. The lowest BCUT2D eigenvalue weighted by Crippen LogP contribution is -2.38. The van der Waals surface area contributed by atoms with Crippen LogP contribution in [-0.2, 0) is 27.3 Å². The molecule has 0 saturated heterocycles. The first kappa shape index (κ1) is 19.5. The molecule has 0 fully saturated rings. The molecule has 2 N–H and O–H groups in total. The highest BCUT2D eigenvalue weighted by molar-refractivity contribution is 6.39. The Morgan fingerprint density at radius 2 is 1.86 bits per heavy atom. The van der Waals surface area contributed by atoms with Crippen molar-refractivity contribution in [1.29, 1.82) is 0 Å². The number of carbonyl (C=O) groups excluding carboxylic acids is 3. The third-order valence-corrected chi connectivity index (χ3v) is 4.62. The van der Waals surface area contributed by atoms with E-state index >= 15 is 0 Å². The summed E-state index contributed by atoms with van der Waals surface area (Å²) in [5.41, 5.74) is 3.28. The Balaban J connectivity index is 1.64. The van der Waals surface area contributed by atoms with Crippen molar-refractivity contribution in [2.24, 2.45) is 5.92 Å². The molecule has 7 heteroatoms. The molecule has 2 heterocycles. The van der Waals surface area contributed by atoms with Crippen molar-refractivity contribution < 1.29 is 14.4 Å². The maximum Gasteiger partial charge on any atom is 0.313 e. The predicted molar refractivity (Wildman–Crippen MR) is 107 cm³/mol. The number of hydrogen-bond acceptors (Lipinski definition) is 4. The Bertz CT molecular complexity index is 880. The molecular weight excluding hydrogens is 356 g/mol. The average Bonchev–Trinajstić information content (AvgIpc) is 2.71. The van der Waals surface area contributed by atoms with E-state index in [1.807, 2.05) is 26.0 Å². The summed E-state index contributed by atoms with van der Waals surface area (Å²) in [7, 11) is 0. The van der Waals surface area contributed by atoms with Crippen LogP contribution in [0.15, 0.2) is 42.7 Å². The van der Waals surface area contributed by atoms with Crippen molar-refractivity contribution in [2.75, 3.05) is 16.8 Å². The molecule has 3 rings (SSSR count). The predicted octanol–water partition coefficient (Wildman–Crippen LogP) is 2.27. The zero-order valence-electron chi connectivity index (χ0n) is 16.1. The molecule has 0 aliphatic carbocycles. The molecule has 7 nitrogen and oxygen atoms in total. The first-order valence-corrected chi connectivity index (χ1v) is 9.38. The molecule has 2 aromatic rings. The highest BCUT2D eigenvalue weighted by Crippen LogP contribution is 2.30. The standard InChI is InChI=1S/C21H24N4O3/c1-14(2)21(28)25-11-3-4-16-12-17(5-6-18(16)25)24-20(27)19(26)23-13-15-7-9-22-10-8-15/h5-10,12,14H,3-4,11,13H2,1-2H3,(H,23,26)(H,24,27). The number of benzene rings is 1. The van der Waals surface area contributed by atoms with Crippen LogP contribution in [0.5, 0.6) is 0 Å². The highest BCUT2D eigenvalue weighted by atomic mass is 16.2. The van der Waals surface area contributed by atoms with Gasteiger partial charge in [0.2, 0.25) is 5.91 Å². The number of fused-ring (bicyclic) bond motifs is 1. The topological polar surface area (TPSA) is 91.4 Å². The van der Waals surface area contributed by atoms with Crippen LogP contribution in [0.25, 0.3) is 0 Å². The van der Waals surface area contributed by atoms with Crippen molar-refractivity contribution in [2.45, 2.75) is 33.2 Å². The van der Waals surface area contributed by atoms with E-state index in [1.54, 1.807) is 35.5 Å². The number of aromatic nitrogens is 1. The van der Waals surface area contributed by atoms with Gasteiger partial charge >= 0.3 is 11.8 Å². The molecule has 0 saturated carbocycles. The summed E-state index contributed by atoms with van der Waals surface area (Å²) in [5, 5.41) is 5.21. The normalized spacial score (nSPS) is 13.0. The molecule has 1 aromatic carbocycles. The Morgan fingerprint density at radius 1 is 1.11 bits per heavy atom. The van der Waals surface area contributed by atoms with Crippen LogP contribution in [0.4, 0.5) is 11.4 Å². The Labute approximate surface area is 164 Å². The Morgan fingerprint density at radius 3 is 2.57 bits per heavy atom. The van der Waals surface area contributed by atoms with E-state index in [0.29, 0.717) is 12.2 Å². The van der Waals surface area contributed by atoms with Crippen LogP contribution in [-0.4, -0.2) is 29.3 Å². The molecule has 1 aromatic heterocycles. The number of pyridine rings is 1. The van der Waals surface area contributed by atoms with Gasteiger partial charge in [0.1, 0.15) is 0 Å². The molecule has 1 aliphatic heterocycles. The number of amides is 3. The zero-order valence-corrected chi connectivity index (χ0v) is 16.1. The number of aryl methyl sites for hydroxylation is 1. The second-order valence-corrected chi connectivity index (χ2v) is 7.08. The molecule has 0 unspecified atom stereocenters. The van der Waals surface area contributed by atoms with E-state index < -0.39 is 11.8 Å². The number of anilines is 2. The minimum absolute atomic E-state index is 0.0746. The molecular formula is C21H24N4O3. The van der Waals surface area contributed by atoms with Crippen molar-refractivity contribution in [3.05, 3.63) is 53.9 Å². The van der Waals surface area contributed by atoms with Crippen LogP contribution in [0.2, 0.25) is 0 Å². The van der Waals surface area contributed by atoms with Crippen LogP contribution in [0.1, 0.15) is 31.4 Å².